The van der Waals surface area contributed by atoms with Crippen molar-refractivity contribution in [3.63, 3.8) is 0 Å². The zero-order chi connectivity index (χ0) is 18.2. The molecule has 1 aromatic rings. The van der Waals surface area contributed by atoms with Crippen LogP contribution in [0.2, 0.25) is 5.02 Å². The number of carbonyl (C=O) groups is 2. The van der Waals surface area contributed by atoms with Crippen molar-refractivity contribution in [2.75, 3.05) is 25.5 Å². The first kappa shape index (κ1) is 18.2. The number of halogens is 1. The molecule has 1 saturated heterocycles. The average molecular weight is 364 g/mol. The van der Waals surface area contributed by atoms with Gasteiger partial charge in [0.05, 0.1) is 10.7 Å². The lowest BCUT2D eigenvalue weighted by molar-refractivity contribution is -0.118. The Balaban J connectivity index is 1.71. The second-order valence-electron chi connectivity index (χ2n) is 7.56. The van der Waals surface area contributed by atoms with Crippen molar-refractivity contribution >= 4 is 29.1 Å². The predicted octanol–water partition coefficient (Wildman–Crippen LogP) is 3.15. The van der Waals surface area contributed by atoms with E-state index >= 15 is 0 Å². The van der Waals surface area contributed by atoms with Crippen LogP contribution in [0.5, 0.6) is 0 Å². The molecule has 2 aliphatic rings. The van der Waals surface area contributed by atoms with Gasteiger partial charge in [0.1, 0.15) is 0 Å². The molecule has 1 saturated carbocycles. The first-order valence-electron chi connectivity index (χ1n) is 8.92. The van der Waals surface area contributed by atoms with Gasteiger partial charge in [0.25, 0.3) is 5.91 Å². The minimum Gasteiger partial charge on any atom is -0.339 e. The first-order valence-corrected chi connectivity index (χ1v) is 9.30. The Bertz CT molecular complexity index is 683. The highest BCUT2D eigenvalue weighted by Crippen LogP contribution is 2.58. The van der Waals surface area contributed by atoms with Crippen LogP contribution in [0.1, 0.15) is 43.5 Å². The number of hydrogen-bond donors (Lipinski definition) is 2. The van der Waals surface area contributed by atoms with Gasteiger partial charge in [0.2, 0.25) is 5.91 Å². The molecule has 1 aliphatic carbocycles. The molecule has 1 heterocycles. The van der Waals surface area contributed by atoms with E-state index in [0.29, 0.717) is 16.3 Å². The molecule has 2 amide bonds. The maximum absolute atomic E-state index is 12.6. The lowest BCUT2D eigenvalue weighted by Gasteiger charge is -2.23. The van der Waals surface area contributed by atoms with Crippen molar-refractivity contribution < 1.29 is 9.59 Å². The highest BCUT2D eigenvalue weighted by Gasteiger charge is 2.57. The molecule has 2 fully saturated rings. The Kier molecular flexibility index (Phi) is 5.07. The average Bonchev–Trinajstić information content (AvgIpc) is 3.29. The van der Waals surface area contributed by atoms with E-state index in [1.165, 1.54) is 0 Å². The normalized spacial score (nSPS) is 21.2. The summed E-state index contributed by atoms with van der Waals surface area (Å²) in [6.07, 6.45) is 3.06. The molecule has 3 rings (SSSR count). The van der Waals surface area contributed by atoms with Crippen molar-refractivity contribution in [3.8, 4) is 0 Å². The number of amides is 2. The molecule has 0 radical (unpaired) electrons. The van der Waals surface area contributed by atoms with E-state index < -0.39 is 0 Å². The maximum atomic E-state index is 12.6. The summed E-state index contributed by atoms with van der Waals surface area (Å²) in [4.78, 5) is 26.8. The molecular formula is C19H26ClN3O2. The van der Waals surface area contributed by atoms with Crippen molar-refractivity contribution in [1.29, 1.82) is 0 Å². The molecule has 2 N–H and O–H groups in total. The molecule has 6 heteroatoms. The number of benzene rings is 1. The molecule has 1 spiro atoms. The quantitative estimate of drug-likeness (QED) is 0.863. The molecule has 1 unspecified atom stereocenters. The molecule has 5 nitrogen and oxygen atoms in total. The van der Waals surface area contributed by atoms with Gasteiger partial charge in [-0.05, 0) is 69.8 Å². The van der Waals surface area contributed by atoms with E-state index in [-0.39, 0.29) is 29.2 Å². The van der Waals surface area contributed by atoms with E-state index in [9.17, 15) is 9.59 Å². The second kappa shape index (κ2) is 6.96. The van der Waals surface area contributed by atoms with Crippen LogP contribution in [0.3, 0.4) is 0 Å². The fourth-order valence-electron chi connectivity index (χ4n) is 3.61. The van der Waals surface area contributed by atoms with Crippen molar-refractivity contribution in [2.45, 2.75) is 39.2 Å². The zero-order valence-electron chi connectivity index (χ0n) is 15.1. The maximum Gasteiger partial charge on any atom is 0.253 e. The van der Waals surface area contributed by atoms with Gasteiger partial charge in [-0.25, -0.2) is 0 Å². The fraction of sp³-hybridized carbons (Fsp3) is 0.579. The van der Waals surface area contributed by atoms with Gasteiger partial charge in [-0.2, -0.15) is 0 Å². The van der Waals surface area contributed by atoms with E-state index in [4.69, 9.17) is 11.6 Å². The standard InChI is InChI=1S/C19H26ClN3O2/c1-12(2)23(3)18(25)13-4-5-15(20)16(10-13)22-17(24)14-11-19(14)6-8-21-9-7-19/h4-5,10,12,14,21H,6-9,11H2,1-3H3,(H,22,24). The van der Waals surface area contributed by atoms with Crippen LogP contribution in [0.15, 0.2) is 18.2 Å². The van der Waals surface area contributed by atoms with Crippen LogP contribution in [-0.4, -0.2) is 42.9 Å². The van der Waals surface area contributed by atoms with Crippen LogP contribution in [0.25, 0.3) is 0 Å². The van der Waals surface area contributed by atoms with Gasteiger partial charge in [-0.15, -0.1) is 0 Å². The van der Waals surface area contributed by atoms with Gasteiger partial charge in [0, 0.05) is 24.6 Å². The Morgan fingerprint density at radius 1 is 1.32 bits per heavy atom. The lowest BCUT2D eigenvalue weighted by Crippen LogP contribution is -2.33. The SMILES string of the molecule is CC(C)N(C)C(=O)c1ccc(Cl)c(NC(=O)C2CC23CCNCC3)c1. The van der Waals surface area contributed by atoms with Crippen LogP contribution < -0.4 is 10.6 Å². The topological polar surface area (TPSA) is 61.4 Å². The van der Waals surface area contributed by atoms with Gasteiger partial charge in [-0.3, -0.25) is 9.59 Å². The van der Waals surface area contributed by atoms with Crippen LogP contribution in [0, 0.1) is 11.3 Å². The number of anilines is 1. The molecule has 136 valence electrons. The van der Waals surface area contributed by atoms with Gasteiger partial charge in [-0.1, -0.05) is 11.6 Å². The van der Waals surface area contributed by atoms with Crippen LogP contribution >= 0.6 is 11.6 Å². The summed E-state index contributed by atoms with van der Waals surface area (Å²) in [5, 5.41) is 6.74. The molecular weight excluding hydrogens is 338 g/mol. The summed E-state index contributed by atoms with van der Waals surface area (Å²) in [6.45, 7) is 5.89. The Morgan fingerprint density at radius 3 is 2.64 bits per heavy atom. The molecule has 1 aliphatic heterocycles. The third kappa shape index (κ3) is 3.67. The minimum absolute atomic E-state index is 0.0191. The monoisotopic (exact) mass is 363 g/mol. The summed E-state index contributed by atoms with van der Waals surface area (Å²) in [7, 11) is 1.77. The molecule has 1 aromatic carbocycles. The smallest absolute Gasteiger partial charge is 0.253 e. The molecule has 25 heavy (non-hydrogen) atoms. The predicted molar refractivity (Wildman–Crippen MR) is 100.0 cm³/mol. The Labute approximate surface area is 154 Å². The number of piperidine rings is 1. The molecule has 1 atom stereocenters. The second-order valence-corrected chi connectivity index (χ2v) is 7.97. The number of carbonyl (C=O) groups excluding carboxylic acids is 2. The molecule has 0 bridgehead atoms. The summed E-state index contributed by atoms with van der Waals surface area (Å²) in [5.41, 5.74) is 1.22. The van der Waals surface area contributed by atoms with Crippen LogP contribution in [0.4, 0.5) is 5.69 Å². The van der Waals surface area contributed by atoms with Crippen LogP contribution in [-0.2, 0) is 4.79 Å². The number of nitrogens with zero attached hydrogens (tertiary/aromatic N) is 1. The van der Waals surface area contributed by atoms with E-state index in [1.807, 2.05) is 13.8 Å². The third-order valence-corrected chi connectivity index (χ3v) is 6.00. The van der Waals surface area contributed by atoms with Gasteiger partial charge < -0.3 is 15.5 Å². The van der Waals surface area contributed by atoms with Crippen molar-refractivity contribution in [1.82, 2.24) is 10.2 Å². The first-order chi connectivity index (χ1) is 11.8. The zero-order valence-corrected chi connectivity index (χ0v) is 15.8. The minimum atomic E-state index is -0.0802. The number of nitrogens with one attached hydrogen (secondary N) is 2. The van der Waals surface area contributed by atoms with Crippen molar-refractivity contribution in [2.24, 2.45) is 11.3 Å². The van der Waals surface area contributed by atoms with E-state index in [1.54, 1.807) is 30.1 Å². The number of hydrogen-bond acceptors (Lipinski definition) is 3. The Morgan fingerprint density at radius 2 is 2.00 bits per heavy atom. The highest BCUT2D eigenvalue weighted by atomic mass is 35.5. The van der Waals surface area contributed by atoms with E-state index in [0.717, 1.165) is 32.4 Å². The summed E-state index contributed by atoms with van der Waals surface area (Å²) in [6, 6.07) is 5.16. The van der Waals surface area contributed by atoms with Gasteiger partial charge >= 0.3 is 0 Å². The summed E-state index contributed by atoms with van der Waals surface area (Å²) >= 11 is 6.24. The van der Waals surface area contributed by atoms with E-state index in [2.05, 4.69) is 10.6 Å². The third-order valence-electron chi connectivity index (χ3n) is 5.67. The highest BCUT2D eigenvalue weighted by molar-refractivity contribution is 6.34. The summed E-state index contributed by atoms with van der Waals surface area (Å²) < 4.78 is 0. The van der Waals surface area contributed by atoms with Crippen molar-refractivity contribution in [3.05, 3.63) is 28.8 Å². The number of rotatable bonds is 4. The lowest BCUT2D eigenvalue weighted by atomic mass is 9.92. The van der Waals surface area contributed by atoms with Gasteiger partial charge in [0.15, 0.2) is 0 Å². The molecule has 0 aromatic heterocycles. The fourth-order valence-corrected chi connectivity index (χ4v) is 3.77. The summed E-state index contributed by atoms with van der Waals surface area (Å²) in [5.74, 6) is -0.00242. The Hall–Kier alpha value is -1.59. The largest absolute Gasteiger partial charge is 0.339 e.